The van der Waals surface area contributed by atoms with Gasteiger partial charge in [-0.05, 0) is 56.9 Å². The number of aliphatic hydroxyl groups is 1. The Morgan fingerprint density at radius 3 is 2.87 bits per heavy atom. The third-order valence-corrected chi connectivity index (χ3v) is 4.71. The molecule has 5 nitrogen and oxygen atoms in total. The molecular weight excluding hydrogens is 316 g/mol. The number of halogens is 1. The van der Waals surface area contributed by atoms with Gasteiger partial charge in [-0.2, -0.15) is 0 Å². The quantitative estimate of drug-likeness (QED) is 0.780. The second kappa shape index (κ2) is 6.06. The molecule has 3 N–H and O–H groups in total. The molecule has 0 saturated heterocycles. The maximum atomic E-state index is 12.2. The van der Waals surface area contributed by atoms with Gasteiger partial charge in [-0.25, -0.2) is 4.79 Å². The molecular formula is C17H21ClN2O3. The highest BCUT2D eigenvalue weighted by molar-refractivity contribution is 6.31. The van der Waals surface area contributed by atoms with Crippen molar-refractivity contribution < 1.29 is 14.3 Å². The minimum absolute atomic E-state index is 0.0669. The summed E-state index contributed by atoms with van der Waals surface area (Å²) in [6.45, 7) is 3.66. The summed E-state index contributed by atoms with van der Waals surface area (Å²) in [6.07, 6.45) is 2.08. The highest BCUT2D eigenvalue weighted by atomic mass is 35.5. The summed E-state index contributed by atoms with van der Waals surface area (Å²) in [7, 11) is 0. The third-order valence-electron chi connectivity index (χ3n) is 4.48. The summed E-state index contributed by atoms with van der Waals surface area (Å²) >= 11 is 5.97. The lowest BCUT2D eigenvalue weighted by Crippen LogP contribution is -2.54. The average Bonchev–Trinajstić information content (AvgIpc) is 3.27. The summed E-state index contributed by atoms with van der Waals surface area (Å²) in [4.78, 5) is 12.2. The molecule has 0 radical (unpaired) electrons. The molecule has 2 unspecified atom stereocenters. The Labute approximate surface area is 140 Å². The number of hydrogen-bond acceptors (Lipinski definition) is 3. The van der Waals surface area contributed by atoms with Crippen molar-refractivity contribution in [2.24, 2.45) is 5.92 Å². The second-order valence-corrected chi connectivity index (χ2v) is 6.94. The third kappa shape index (κ3) is 3.46. The van der Waals surface area contributed by atoms with Gasteiger partial charge in [-0.3, -0.25) is 0 Å². The topological polar surface area (TPSA) is 74.5 Å². The lowest BCUT2D eigenvalue weighted by molar-refractivity contribution is 0.154. The van der Waals surface area contributed by atoms with Crippen LogP contribution in [0.25, 0.3) is 11.0 Å². The number of urea groups is 1. The van der Waals surface area contributed by atoms with Crippen LogP contribution in [0.1, 0.15) is 38.5 Å². The van der Waals surface area contributed by atoms with Gasteiger partial charge in [0.1, 0.15) is 11.3 Å². The Morgan fingerprint density at radius 2 is 2.22 bits per heavy atom. The maximum absolute atomic E-state index is 12.2. The minimum atomic E-state index is -0.564. The first kappa shape index (κ1) is 16.1. The number of benzene rings is 1. The summed E-state index contributed by atoms with van der Waals surface area (Å²) in [5.74, 6) is 1.01. The summed E-state index contributed by atoms with van der Waals surface area (Å²) in [5, 5.41) is 16.8. The van der Waals surface area contributed by atoms with E-state index in [1.165, 1.54) is 0 Å². The molecule has 2 aromatic rings. The fourth-order valence-corrected chi connectivity index (χ4v) is 2.98. The largest absolute Gasteiger partial charge is 0.459 e. The zero-order valence-electron chi connectivity index (χ0n) is 13.2. The zero-order chi connectivity index (χ0) is 16.6. The van der Waals surface area contributed by atoms with Crippen LogP contribution in [0.15, 0.2) is 28.7 Å². The molecule has 6 heteroatoms. The van der Waals surface area contributed by atoms with Gasteiger partial charge in [0, 0.05) is 10.4 Å². The molecule has 1 fully saturated rings. The molecule has 2 atom stereocenters. The van der Waals surface area contributed by atoms with Crippen molar-refractivity contribution in [3.8, 4) is 0 Å². The van der Waals surface area contributed by atoms with Crippen molar-refractivity contribution >= 4 is 28.6 Å². The van der Waals surface area contributed by atoms with Crippen LogP contribution in [-0.4, -0.2) is 23.3 Å². The Bertz CT molecular complexity index is 726. The second-order valence-electron chi connectivity index (χ2n) is 6.50. The number of fused-ring (bicyclic) bond motifs is 1. The maximum Gasteiger partial charge on any atom is 0.315 e. The minimum Gasteiger partial charge on any atom is -0.459 e. The summed E-state index contributed by atoms with van der Waals surface area (Å²) < 4.78 is 5.75. The van der Waals surface area contributed by atoms with Gasteiger partial charge in [0.25, 0.3) is 0 Å². The molecule has 1 aromatic heterocycles. The van der Waals surface area contributed by atoms with Crippen LogP contribution >= 0.6 is 11.6 Å². The van der Waals surface area contributed by atoms with Gasteiger partial charge in [-0.1, -0.05) is 11.6 Å². The van der Waals surface area contributed by atoms with Gasteiger partial charge in [-0.15, -0.1) is 0 Å². The van der Waals surface area contributed by atoms with Crippen LogP contribution in [0, 0.1) is 5.92 Å². The number of nitrogens with one attached hydrogen (secondary N) is 2. The molecule has 1 saturated carbocycles. The smallest absolute Gasteiger partial charge is 0.315 e. The molecule has 0 aliphatic heterocycles. The first-order chi connectivity index (χ1) is 10.9. The summed E-state index contributed by atoms with van der Waals surface area (Å²) in [6, 6.07) is 6.68. The van der Waals surface area contributed by atoms with Gasteiger partial charge in [0.2, 0.25) is 0 Å². The Hall–Kier alpha value is -1.72. The van der Waals surface area contributed by atoms with Crippen molar-refractivity contribution in [2.45, 2.75) is 38.3 Å². The van der Waals surface area contributed by atoms with Gasteiger partial charge < -0.3 is 20.2 Å². The number of carbonyl (C=O) groups is 1. The summed E-state index contributed by atoms with van der Waals surface area (Å²) in [5.41, 5.74) is 0.169. The van der Waals surface area contributed by atoms with Gasteiger partial charge in [0.15, 0.2) is 0 Å². The number of carbonyl (C=O) groups excluding carboxylic acids is 1. The Morgan fingerprint density at radius 1 is 1.48 bits per heavy atom. The first-order valence-electron chi connectivity index (χ1n) is 7.80. The van der Waals surface area contributed by atoms with Crippen LogP contribution in [-0.2, 0) is 0 Å². The van der Waals surface area contributed by atoms with E-state index < -0.39 is 5.54 Å². The number of amides is 2. The van der Waals surface area contributed by atoms with Crippen molar-refractivity contribution in [3.05, 3.63) is 35.0 Å². The fourth-order valence-electron chi connectivity index (χ4n) is 2.80. The number of aliphatic hydroxyl groups excluding tert-OH is 1. The first-order valence-corrected chi connectivity index (χ1v) is 8.17. The fraction of sp³-hybridized carbons (Fsp3) is 0.471. The molecule has 1 aliphatic carbocycles. The lowest BCUT2D eigenvalue weighted by Gasteiger charge is -2.29. The van der Waals surface area contributed by atoms with Crippen molar-refractivity contribution in [3.63, 3.8) is 0 Å². The molecule has 0 bridgehead atoms. The van der Waals surface area contributed by atoms with Crippen LogP contribution in [0.3, 0.4) is 0 Å². The molecule has 124 valence electrons. The molecule has 1 aliphatic rings. The Balaban J connectivity index is 1.67. The molecule has 23 heavy (non-hydrogen) atoms. The number of hydrogen-bond donors (Lipinski definition) is 3. The van der Waals surface area contributed by atoms with Gasteiger partial charge in [0.05, 0.1) is 18.2 Å². The van der Waals surface area contributed by atoms with E-state index >= 15 is 0 Å². The highest BCUT2D eigenvalue weighted by Gasteiger charge is 2.42. The molecule has 1 heterocycles. The van der Waals surface area contributed by atoms with Crippen LogP contribution in [0.5, 0.6) is 0 Å². The van der Waals surface area contributed by atoms with Crippen LogP contribution < -0.4 is 10.6 Å². The van der Waals surface area contributed by atoms with E-state index in [0.717, 1.165) is 23.8 Å². The molecule has 1 aromatic carbocycles. The highest BCUT2D eigenvalue weighted by Crippen LogP contribution is 2.39. The normalized spacial score (nSPS) is 18.4. The molecule has 0 spiro atoms. The van der Waals surface area contributed by atoms with Crippen molar-refractivity contribution in [1.29, 1.82) is 0 Å². The van der Waals surface area contributed by atoms with E-state index in [-0.39, 0.29) is 18.7 Å². The van der Waals surface area contributed by atoms with E-state index in [0.29, 0.717) is 16.7 Å². The van der Waals surface area contributed by atoms with Crippen LogP contribution in [0.4, 0.5) is 4.79 Å². The number of rotatable bonds is 5. The Kier molecular flexibility index (Phi) is 4.25. The standard InChI is InChI=1S/C17H21ClN2O3/c1-10(15-8-11-7-13(18)5-6-14(11)23-15)19-16(22)20-17(2,9-21)12-3-4-12/h5-8,10,12,21H,3-4,9H2,1-2H3,(H2,19,20,22). The predicted molar refractivity (Wildman–Crippen MR) is 89.5 cm³/mol. The molecule has 2 amide bonds. The monoisotopic (exact) mass is 336 g/mol. The van der Waals surface area contributed by atoms with Crippen molar-refractivity contribution in [2.75, 3.05) is 6.61 Å². The number of furan rings is 1. The van der Waals surface area contributed by atoms with E-state index in [4.69, 9.17) is 16.0 Å². The molecule has 3 rings (SSSR count). The average molecular weight is 337 g/mol. The zero-order valence-corrected chi connectivity index (χ0v) is 14.0. The van der Waals surface area contributed by atoms with Crippen LogP contribution in [0.2, 0.25) is 5.02 Å². The van der Waals surface area contributed by atoms with E-state index in [1.54, 1.807) is 6.07 Å². The van der Waals surface area contributed by atoms with E-state index in [9.17, 15) is 9.90 Å². The van der Waals surface area contributed by atoms with E-state index in [2.05, 4.69) is 10.6 Å². The predicted octanol–water partition coefficient (Wildman–Crippen LogP) is 3.61. The lowest BCUT2D eigenvalue weighted by atomic mass is 9.97. The van der Waals surface area contributed by atoms with Crippen molar-refractivity contribution in [1.82, 2.24) is 10.6 Å². The van der Waals surface area contributed by atoms with Gasteiger partial charge >= 0.3 is 6.03 Å². The SMILES string of the molecule is CC(NC(=O)NC(C)(CO)C1CC1)c1cc2cc(Cl)ccc2o1. The van der Waals surface area contributed by atoms with E-state index in [1.807, 2.05) is 32.0 Å².